The minimum atomic E-state index is -3.01. The van der Waals surface area contributed by atoms with Gasteiger partial charge >= 0.3 is 5.97 Å². The molecule has 0 atom stereocenters. The van der Waals surface area contributed by atoms with Crippen molar-refractivity contribution in [3.05, 3.63) is 39.4 Å². The van der Waals surface area contributed by atoms with Gasteiger partial charge in [-0.2, -0.15) is 0 Å². The summed E-state index contributed by atoms with van der Waals surface area (Å²) >= 11 is 0. The number of nitro groups is 1. The minimum absolute atomic E-state index is 0.397. The van der Waals surface area contributed by atoms with Crippen molar-refractivity contribution in [1.82, 2.24) is 0 Å². The maximum atomic E-state index is 12.3. The van der Waals surface area contributed by atoms with Crippen LogP contribution in [0.5, 0.6) is 0 Å². The summed E-state index contributed by atoms with van der Waals surface area (Å²) in [6, 6.07) is 2.26. The predicted molar refractivity (Wildman–Crippen MR) is 45.0 cm³/mol. The molecule has 0 radical (unpaired) electrons. The molecule has 0 fully saturated rings. The van der Waals surface area contributed by atoms with Crippen molar-refractivity contribution in [2.45, 2.75) is 6.43 Å². The highest BCUT2D eigenvalue weighted by molar-refractivity contribution is 5.88. The van der Waals surface area contributed by atoms with Crippen LogP contribution >= 0.6 is 0 Å². The summed E-state index contributed by atoms with van der Waals surface area (Å²) in [5.41, 5.74) is -2.07. The highest BCUT2D eigenvalue weighted by Crippen LogP contribution is 2.29. The standard InChI is InChI=1S/C8H5F2NO4/c9-7(10)5-2-1-4(8(12)13)3-6(5)11(14)15/h1-3,7H,(H,12,13). The zero-order valence-electron chi connectivity index (χ0n) is 7.18. The van der Waals surface area contributed by atoms with Crippen LogP contribution in [0.15, 0.2) is 18.2 Å². The molecule has 5 nitrogen and oxygen atoms in total. The molecule has 0 saturated heterocycles. The molecule has 1 aromatic rings. The quantitative estimate of drug-likeness (QED) is 0.621. The van der Waals surface area contributed by atoms with Crippen LogP contribution in [0.1, 0.15) is 22.3 Å². The van der Waals surface area contributed by atoms with Gasteiger partial charge in [-0.15, -0.1) is 0 Å². The van der Waals surface area contributed by atoms with Crippen LogP contribution < -0.4 is 0 Å². The number of carboxylic acid groups (broad SMARTS) is 1. The summed E-state index contributed by atoms with van der Waals surface area (Å²) in [6.07, 6.45) is -3.01. The Morgan fingerprint density at radius 3 is 2.47 bits per heavy atom. The van der Waals surface area contributed by atoms with Gasteiger partial charge in [0.25, 0.3) is 12.1 Å². The van der Waals surface area contributed by atoms with E-state index in [1.807, 2.05) is 0 Å². The van der Waals surface area contributed by atoms with E-state index in [1.54, 1.807) is 0 Å². The van der Waals surface area contributed by atoms with Gasteiger partial charge in [0, 0.05) is 6.07 Å². The van der Waals surface area contributed by atoms with Gasteiger partial charge in [-0.3, -0.25) is 10.1 Å². The summed E-state index contributed by atoms with van der Waals surface area (Å²) in [6.45, 7) is 0. The largest absolute Gasteiger partial charge is 0.478 e. The normalized spacial score (nSPS) is 10.3. The molecule has 0 bridgehead atoms. The monoisotopic (exact) mass is 217 g/mol. The van der Waals surface area contributed by atoms with Gasteiger partial charge in [0.1, 0.15) is 0 Å². The summed E-state index contributed by atoms with van der Waals surface area (Å²) in [7, 11) is 0. The number of aromatic carboxylic acids is 1. The molecule has 0 aliphatic rings. The molecule has 80 valence electrons. The van der Waals surface area contributed by atoms with E-state index >= 15 is 0 Å². The number of alkyl halides is 2. The van der Waals surface area contributed by atoms with E-state index in [4.69, 9.17) is 5.11 Å². The first-order valence-electron chi connectivity index (χ1n) is 3.73. The van der Waals surface area contributed by atoms with Gasteiger partial charge in [0.05, 0.1) is 16.1 Å². The van der Waals surface area contributed by atoms with Gasteiger partial charge < -0.3 is 5.11 Å². The van der Waals surface area contributed by atoms with Crippen LogP contribution in [0, 0.1) is 10.1 Å². The molecule has 1 N–H and O–H groups in total. The molecule has 0 spiro atoms. The highest BCUT2D eigenvalue weighted by atomic mass is 19.3. The van der Waals surface area contributed by atoms with Crippen LogP contribution in [0.3, 0.4) is 0 Å². The van der Waals surface area contributed by atoms with E-state index in [0.29, 0.717) is 6.07 Å². The van der Waals surface area contributed by atoms with Crippen molar-refractivity contribution in [2.75, 3.05) is 0 Å². The van der Waals surface area contributed by atoms with Crippen LogP contribution in [0.4, 0.5) is 14.5 Å². The smallest absolute Gasteiger partial charge is 0.335 e. The lowest BCUT2D eigenvalue weighted by Gasteiger charge is -2.02. The molecule has 1 aromatic carbocycles. The minimum Gasteiger partial charge on any atom is -0.478 e. The van der Waals surface area contributed by atoms with E-state index in [0.717, 1.165) is 12.1 Å². The van der Waals surface area contributed by atoms with Crippen molar-refractivity contribution >= 4 is 11.7 Å². The number of hydrogen-bond acceptors (Lipinski definition) is 3. The third kappa shape index (κ3) is 2.25. The topological polar surface area (TPSA) is 80.4 Å². The fourth-order valence-electron chi connectivity index (χ4n) is 1.02. The highest BCUT2D eigenvalue weighted by Gasteiger charge is 2.23. The molecule has 15 heavy (non-hydrogen) atoms. The Hall–Kier alpha value is -2.05. The molecule has 0 heterocycles. The lowest BCUT2D eigenvalue weighted by Crippen LogP contribution is -2.01. The average molecular weight is 217 g/mol. The molecule has 0 amide bonds. The molecule has 1 rings (SSSR count). The predicted octanol–water partition coefficient (Wildman–Crippen LogP) is 2.23. The van der Waals surface area contributed by atoms with Crippen LogP contribution in [0.2, 0.25) is 0 Å². The Morgan fingerprint density at radius 1 is 1.47 bits per heavy atom. The van der Waals surface area contributed by atoms with E-state index in [2.05, 4.69) is 0 Å². The lowest BCUT2D eigenvalue weighted by molar-refractivity contribution is -0.386. The molecule has 7 heteroatoms. The zero-order valence-corrected chi connectivity index (χ0v) is 7.18. The SMILES string of the molecule is O=C(O)c1ccc(C(F)F)c([N+](=O)[O-])c1. The Bertz CT molecular complexity index is 419. The van der Waals surface area contributed by atoms with Gasteiger partial charge in [-0.1, -0.05) is 0 Å². The van der Waals surface area contributed by atoms with Gasteiger partial charge in [-0.25, -0.2) is 13.6 Å². The van der Waals surface area contributed by atoms with Gasteiger partial charge in [-0.05, 0) is 12.1 Å². The second kappa shape index (κ2) is 3.99. The summed E-state index contributed by atoms with van der Waals surface area (Å²) < 4.78 is 24.5. The molecule has 0 aromatic heterocycles. The summed E-state index contributed by atoms with van der Waals surface area (Å²) in [5.74, 6) is -1.40. The van der Waals surface area contributed by atoms with E-state index in [9.17, 15) is 23.7 Å². The van der Waals surface area contributed by atoms with E-state index < -0.39 is 34.1 Å². The van der Waals surface area contributed by atoms with Crippen molar-refractivity contribution < 1.29 is 23.6 Å². The van der Waals surface area contributed by atoms with Crippen molar-refractivity contribution in [3.8, 4) is 0 Å². The molecule has 0 saturated carbocycles. The molecule has 0 unspecified atom stereocenters. The summed E-state index contributed by atoms with van der Waals surface area (Å²) in [5, 5.41) is 18.9. The Morgan fingerprint density at radius 2 is 2.07 bits per heavy atom. The zero-order chi connectivity index (χ0) is 11.6. The fraction of sp³-hybridized carbons (Fsp3) is 0.125. The van der Waals surface area contributed by atoms with Crippen molar-refractivity contribution in [3.63, 3.8) is 0 Å². The second-order valence-electron chi connectivity index (χ2n) is 2.64. The Balaban J connectivity index is 3.33. The number of nitrogens with zero attached hydrogens (tertiary/aromatic N) is 1. The van der Waals surface area contributed by atoms with E-state index in [-0.39, 0.29) is 0 Å². The average Bonchev–Trinajstić information content (AvgIpc) is 2.16. The third-order valence-electron chi connectivity index (χ3n) is 1.71. The lowest BCUT2D eigenvalue weighted by atomic mass is 10.1. The van der Waals surface area contributed by atoms with Gasteiger partial charge in [0.2, 0.25) is 0 Å². The number of nitro benzene ring substituents is 1. The maximum Gasteiger partial charge on any atom is 0.335 e. The fourth-order valence-corrected chi connectivity index (χ4v) is 1.02. The Labute approximate surface area is 82.1 Å². The molecule has 0 aliphatic carbocycles. The maximum absolute atomic E-state index is 12.3. The first-order chi connectivity index (χ1) is 6.93. The van der Waals surface area contributed by atoms with Crippen LogP contribution in [-0.4, -0.2) is 16.0 Å². The summed E-state index contributed by atoms with van der Waals surface area (Å²) in [4.78, 5) is 19.8. The van der Waals surface area contributed by atoms with Crippen LogP contribution in [-0.2, 0) is 0 Å². The Kier molecular flexibility index (Phi) is 2.93. The second-order valence-corrected chi connectivity index (χ2v) is 2.64. The molecular formula is C8H5F2NO4. The first-order valence-corrected chi connectivity index (χ1v) is 3.73. The third-order valence-corrected chi connectivity index (χ3v) is 1.71. The molecular weight excluding hydrogens is 212 g/mol. The number of halogens is 2. The van der Waals surface area contributed by atoms with Crippen LogP contribution in [0.25, 0.3) is 0 Å². The van der Waals surface area contributed by atoms with Crippen molar-refractivity contribution in [2.24, 2.45) is 0 Å². The van der Waals surface area contributed by atoms with Crippen molar-refractivity contribution in [1.29, 1.82) is 0 Å². The number of hydrogen-bond donors (Lipinski definition) is 1. The number of carboxylic acids is 1. The molecule has 0 aliphatic heterocycles. The van der Waals surface area contributed by atoms with E-state index in [1.165, 1.54) is 0 Å². The number of carbonyl (C=O) groups is 1. The number of rotatable bonds is 3. The van der Waals surface area contributed by atoms with Gasteiger partial charge in [0.15, 0.2) is 0 Å². The first kappa shape index (κ1) is 11.0. The number of benzene rings is 1.